The molecule has 1 unspecified atom stereocenters. The van der Waals surface area contributed by atoms with E-state index < -0.39 is 0 Å². The molecule has 1 aliphatic heterocycles. The summed E-state index contributed by atoms with van der Waals surface area (Å²) in [6, 6.07) is 19.0. The van der Waals surface area contributed by atoms with Crippen molar-refractivity contribution in [2.45, 2.75) is 19.4 Å². The van der Waals surface area contributed by atoms with Crippen LogP contribution in [-0.2, 0) is 4.79 Å². The number of hydrogen-bond acceptors (Lipinski definition) is 7. The molecular weight excluding hydrogens is 404 g/mol. The monoisotopic (exact) mass is 430 g/mol. The van der Waals surface area contributed by atoms with E-state index in [4.69, 9.17) is 9.78 Å². The molecule has 0 aliphatic carbocycles. The van der Waals surface area contributed by atoms with Gasteiger partial charge in [0.25, 0.3) is 0 Å². The summed E-state index contributed by atoms with van der Waals surface area (Å²) in [5.74, 6) is 1.14. The maximum Gasteiger partial charge on any atom is 0.244 e. The Morgan fingerprint density at radius 1 is 1.12 bits per heavy atom. The van der Waals surface area contributed by atoms with E-state index in [1.807, 2.05) is 36.4 Å². The molecule has 8 heteroatoms. The van der Waals surface area contributed by atoms with E-state index in [1.165, 1.54) is 0 Å². The van der Waals surface area contributed by atoms with Crippen molar-refractivity contribution in [3.05, 3.63) is 66.1 Å². The number of aromatic nitrogens is 2. The maximum absolute atomic E-state index is 12.3. The highest BCUT2D eigenvalue weighted by Gasteiger charge is 2.26. The number of anilines is 1. The van der Waals surface area contributed by atoms with Crippen LogP contribution in [0.15, 0.2) is 59.1 Å². The molecule has 0 saturated carbocycles. The third-order valence-corrected chi connectivity index (χ3v) is 5.76. The zero-order valence-corrected chi connectivity index (χ0v) is 18.1. The van der Waals surface area contributed by atoms with Crippen molar-refractivity contribution in [3.63, 3.8) is 0 Å². The number of piperazine rings is 1. The minimum absolute atomic E-state index is 0.0351. The van der Waals surface area contributed by atoms with Crippen molar-refractivity contribution in [2.24, 2.45) is 0 Å². The Morgan fingerprint density at radius 3 is 2.59 bits per heavy atom. The average Bonchev–Trinajstić information content (AvgIpc) is 3.34. The molecule has 32 heavy (non-hydrogen) atoms. The molecule has 8 nitrogen and oxygen atoms in total. The second-order valence-electron chi connectivity index (χ2n) is 7.83. The molecule has 3 aromatic rings. The molecular formula is C24H26N6O2. The Morgan fingerprint density at radius 2 is 1.84 bits per heavy atom. The lowest BCUT2D eigenvalue weighted by Crippen LogP contribution is -2.47. The number of rotatable bonds is 7. The number of amides is 1. The zero-order valence-electron chi connectivity index (χ0n) is 18.1. The third-order valence-electron chi connectivity index (χ3n) is 5.76. The number of para-hydroxylation sites is 1. The van der Waals surface area contributed by atoms with Crippen LogP contribution in [0.5, 0.6) is 0 Å². The molecule has 1 N–H and O–H groups in total. The van der Waals surface area contributed by atoms with Crippen LogP contribution >= 0.6 is 0 Å². The Hall–Kier alpha value is -3.54. The third kappa shape index (κ3) is 5.19. The Kier molecular flexibility index (Phi) is 6.90. The topological polar surface area (TPSA) is 98.3 Å². The number of nitriles is 1. The first-order valence-electron chi connectivity index (χ1n) is 10.8. The number of carbonyl (C=O) groups excluding carboxylic acids is 1. The van der Waals surface area contributed by atoms with Gasteiger partial charge in [-0.3, -0.25) is 9.69 Å². The van der Waals surface area contributed by atoms with E-state index in [1.54, 1.807) is 18.2 Å². The van der Waals surface area contributed by atoms with E-state index in [-0.39, 0.29) is 11.9 Å². The van der Waals surface area contributed by atoms with Gasteiger partial charge in [0, 0.05) is 44.7 Å². The van der Waals surface area contributed by atoms with Gasteiger partial charge in [-0.1, -0.05) is 47.6 Å². The minimum atomic E-state index is -0.0807. The van der Waals surface area contributed by atoms with Crippen LogP contribution in [0.2, 0.25) is 0 Å². The molecule has 0 radical (unpaired) electrons. The summed E-state index contributed by atoms with van der Waals surface area (Å²) in [5, 5.41) is 16.1. The normalized spacial score (nSPS) is 15.8. The maximum atomic E-state index is 12.3. The van der Waals surface area contributed by atoms with Crippen molar-refractivity contribution in [3.8, 4) is 17.5 Å². The number of benzene rings is 2. The van der Waals surface area contributed by atoms with Crippen LogP contribution in [0.1, 0.15) is 30.8 Å². The summed E-state index contributed by atoms with van der Waals surface area (Å²) >= 11 is 0. The molecule has 2 aromatic carbocycles. The van der Waals surface area contributed by atoms with Gasteiger partial charge in [-0.2, -0.15) is 10.2 Å². The minimum Gasteiger partial charge on any atom is -0.337 e. The van der Waals surface area contributed by atoms with E-state index in [9.17, 15) is 4.79 Å². The summed E-state index contributed by atoms with van der Waals surface area (Å²) in [4.78, 5) is 21.5. The predicted molar refractivity (Wildman–Crippen MR) is 121 cm³/mol. The Balaban J connectivity index is 1.24. The van der Waals surface area contributed by atoms with E-state index in [0.29, 0.717) is 35.9 Å². The molecule has 1 saturated heterocycles. The molecule has 0 spiro atoms. The van der Waals surface area contributed by atoms with Crippen molar-refractivity contribution in [1.82, 2.24) is 19.9 Å². The number of hydrogen-bond donors (Lipinski definition) is 1. The number of nitrogens with one attached hydrogen (secondary N) is 1. The van der Waals surface area contributed by atoms with Gasteiger partial charge < -0.3 is 14.7 Å². The standard InChI is InChI=1S/C24H26N6O2/c1-18(24-27-23(28-32-24)19-7-3-2-4-8-19)30-15-13-29(14-16-30)12-11-22(31)26-21-10-6-5-9-20(21)17-25/h2-10,18H,11-16H2,1H3,(H,26,31). The van der Waals surface area contributed by atoms with Gasteiger partial charge in [0.2, 0.25) is 17.6 Å². The van der Waals surface area contributed by atoms with Gasteiger partial charge in [-0.25, -0.2) is 0 Å². The zero-order chi connectivity index (χ0) is 22.3. The summed E-state index contributed by atoms with van der Waals surface area (Å²) in [5.41, 5.74) is 1.98. The van der Waals surface area contributed by atoms with Crippen molar-refractivity contribution < 1.29 is 9.32 Å². The van der Waals surface area contributed by atoms with Gasteiger partial charge in [-0.05, 0) is 19.1 Å². The van der Waals surface area contributed by atoms with Crippen molar-refractivity contribution in [1.29, 1.82) is 5.26 Å². The van der Waals surface area contributed by atoms with Gasteiger partial charge in [0.1, 0.15) is 6.07 Å². The second-order valence-corrected chi connectivity index (χ2v) is 7.83. The number of nitrogens with zero attached hydrogens (tertiary/aromatic N) is 5. The van der Waals surface area contributed by atoms with Crippen LogP contribution in [0.3, 0.4) is 0 Å². The Bertz CT molecular complexity index is 1080. The van der Waals surface area contributed by atoms with E-state index in [2.05, 4.69) is 38.3 Å². The highest BCUT2D eigenvalue weighted by molar-refractivity contribution is 5.92. The first kappa shape index (κ1) is 21.7. The molecule has 1 amide bonds. The van der Waals surface area contributed by atoms with Crippen molar-refractivity contribution >= 4 is 11.6 Å². The molecule has 164 valence electrons. The Labute approximate surface area is 187 Å². The molecule has 2 heterocycles. The molecule has 1 atom stereocenters. The lowest BCUT2D eigenvalue weighted by molar-refractivity contribution is -0.116. The highest BCUT2D eigenvalue weighted by Crippen LogP contribution is 2.23. The van der Waals surface area contributed by atoms with Gasteiger partial charge in [0.05, 0.1) is 17.3 Å². The van der Waals surface area contributed by atoms with Crippen LogP contribution in [0.4, 0.5) is 5.69 Å². The summed E-state index contributed by atoms with van der Waals surface area (Å²) < 4.78 is 5.52. The summed E-state index contributed by atoms with van der Waals surface area (Å²) in [6.45, 7) is 6.23. The highest BCUT2D eigenvalue weighted by atomic mass is 16.5. The largest absolute Gasteiger partial charge is 0.337 e. The van der Waals surface area contributed by atoms with Crippen LogP contribution in [0, 0.1) is 11.3 Å². The first-order valence-corrected chi connectivity index (χ1v) is 10.8. The SMILES string of the molecule is CC(c1nc(-c2ccccc2)no1)N1CCN(CCC(=O)Nc2ccccc2C#N)CC1. The lowest BCUT2D eigenvalue weighted by Gasteiger charge is -2.36. The average molecular weight is 431 g/mol. The summed E-state index contributed by atoms with van der Waals surface area (Å²) in [7, 11) is 0. The molecule has 0 bridgehead atoms. The van der Waals surface area contributed by atoms with Crippen molar-refractivity contribution in [2.75, 3.05) is 38.0 Å². The lowest BCUT2D eigenvalue weighted by atomic mass is 10.2. The van der Waals surface area contributed by atoms with Gasteiger partial charge >= 0.3 is 0 Å². The quantitative estimate of drug-likeness (QED) is 0.614. The van der Waals surface area contributed by atoms with E-state index in [0.717, 1.165) is 31.7 Å². The molecule has 1 aromatic heterocycles. The molecule has 1 aliphatic rings. The number of carbonyl (C=O) groups is 1. The van der Waals surface area contributed by atoms with Crippen LogP contribution in [0.25, 0.3) is 11.4 Å². The molecule has 4 rings (SSSR count). The molecule has 1 fully saturated rings. The fraction of sp³-hybridized carbons (Fsp3) is 0.333. The second kappa shape index (κ2) is 10.2. The fourth-order valence-corrected chi connectivity index (χ4v) is 3.80. The van der Waals surface area contributed by atoms with Crippen LogP contribution in [-0.4, -0.2) is 58.6 Å². The van der Waals surface area contributed by atoms with Crippen LogP contribution < -0.4 is 5.32 Å². The predicted octanol–water partition coefficient (Wildman–Crippen LogP) is 3.32. The van der Waals surface area contributed by atoms with E-state index >= 15 is 0 Å². The first-order chi connectivity index (χ1) is 15.6. The van der Waals surface area contributed by atoms with Gasteiger partial charge in [0.15, 0.2) is 0 Å². The summed E-state index contributed by atoms with van der Waals surface area (Å²) in [6.07, 6.45) is 0.388. The smallest absolute Gasteiger partial charge is 0.244 e. The van der Waals surface area contributed by atoms with Gasteiger partial charge in [-0.15, -0.1) is 0 Å². The fourth-order valence-electron chi connectivity index (χ4n) is 3.80.